The Kier molecular flexibility index (Phi) is 5.79. The minimum absolute atomic E-state index is 0.137. The molecule has 6 heteroatoms. The van der Waals surface area contributed by atoms with Crippen LogP contribution in [0.15, 0.2) is 24.3 Å². The maximum absolute atomic E-state index is 12.5. The molecule has 0 aliphatic heterocycles. The minimum atomic E-state index is -4.45. The predicted molar refractivity (Wildman–Crippen MR) is 72.6 cm³/mol. The van der Waals surface area contributed by atoms with E-state index in [1.54, 1.807) is 12.1 Å². The zero-order valence-electron chi connectivity index (χ0n) is 11.7. The topological polar surface area (TPSA) is 40.5 Å². The molecule has 1 aromatic rings. The minimum Gasteiger partial charge on any atom is -0.384 e. The molecule has 0 aliphatic rings. The van der Waals surface area contributed by atoms with Gasteiger partial charge in [0, 0.05) is 17.2 Å². The second-order valence-corrected chi connectivity index (χ2v) is 4.68. The van der Waals surface area contributed by atoms with Crippen LogP contribution in [0, 0.1) is 11.8 Å². The molecule has 0 aliphatic carbocycles. The van der Waals surface area contributed by atoms with Gasteiger partial charge in [-0.15, -0.1) is 0 Å². The molecule has 21 heavy (non-hydrogen) atoms. The number of benzene rings is 1. The summed E-state index contributed by atoms with van der Waals surface area (Å²) >= 11 is 0. The SMILES string of the molecule is CC(C)N(CC(F)(F)F)C(=O)c1cccc(C#CCO)c1. The van der Waals surface area contributed by atoms with E-state index in [0.717, 1.165) is 4.90 Å². The first kappa shape index (κ1) is 17.1. The first-order chi connectivity index (χ1) is 9.74. The van der Waals surface area contributed by atoms with Crippen LogP contribution >= 0.6 is 0 Å². The van der Waals surface area contributed by atoms with Crippen LogP contribution in [0.5, 0.6) is 0 Å². The lowest BCUT2D eigenvalue weighted by molar-refractivity contribution is -0.143. The number of carbonyl (C=O) groups excluding carboxylic acids is 1. The summed E-state index contributed by atoms with van der Waals surface area (Å²) in [5.41, 5.74) is 0.600. The third-order valence-corrected chi connectivity index (χ3v) is 2.66. The smallest absolute Gasteiger partial charge is 0.384 e. The summed E-state index contributed by atoms with van der Waals surface area (Å²) in [5.74, 6) is 4.34. The Labute approximate surface area is 121 Å². The highest BCUT2D eigenvalue weighted by molar-refractivity contribution is 5.94. The summed E-state index contributed by atoms with van der Waals surface area (Å²) in [5, 5.41) is 8.62. The average Bonchev–Trinajstić information content (AvgIpc) is 2.41. The van der Waals surface area contributed by atoms with Gasteiger partial charge in [-0.3, -0.25) is 4.79 Å². The molecule has 0 saturated carbocycles. The number of aliphatic hydroxyl groups excluding tert-OH is 1. The molecule has 1 amide bonds. The highest BCUT2D eigenvalue weighted by Gasteiger charge is 2.34. The zero-order valence-corrected chi connectivity index (χ0v) is 11.7. The van der Waals surface area contributed by atoms with E-state index in [-0.39, 0.29) is 12.2 Å². The standard InChI is InChI=1S/C15H16F3NO2/c1-11(2)19(10-15(16,17)18)14(21)13-7-3-5-12(9-13)6-4-8-20/h3,5,7,9,11,20H,8,10H2,1-2H3. The van der Waals surface area contributed by atoms with Crippen LogP contribution in [0.1, 0.15) is 29.8 Å². The van der Waals surface area contributed by atoms with Crippen LogP contribution in [0.4, 0.5) is 13.2 Å². The molecule has 114 valence electrons. The molecule has 0 atom stereocenters. The fourth-order valence-corrected chi connectivity index (χ4v) is 1.72. The van der Waals surface area contributed by atoms with Crippen LogP contribution in [-0.4, -0.2) is 41.3 Å². The monoisotopic (exact) mass is 299 g/mol. The quantitative estimate of drug-likeness (QED) is 0.871. The first-order valence-electron chi connectivity index (χ1n) is 6.32. The van der Waals surface area contributed by atoms with Crippen molar-refractivity contribution < 1.29 is 23.1 Å². The molecule has 0 bridgehead atoms. The number of hydrogen-bond donors (Lipinski definition) is 1. The maximum Gasteiger partial charge on any atom is 0.406 e. The zero-order chi connectivity index (χ0) is 16.0. The average molecular weight is 299 g/mol. The van der Waals surface area contributed by atoms with E-state index >= 15 is 0 Å². The van der Waals surface area contributed by atoms with Gasteiger partial charge in [0.25, 0.3) is 5.91 Å². The van der Waals surface area contributed by atoms with Crippen molar-refractivity contribution in [2.75, 3.05) is 13.2 Å². The normalized spacial score (nSPS) is 11.0. The lowest BCUT2D eigenvalue weighted by atomic mass is 10.1. The van der Waals surface area contributed by atoms with Crippen LogP contribution < -0.4 is 0 Å². The summed E-state index contributed by atoms with van der Waals surface area (Å²) in [6, 6.07) is 5.43. The molecular formula is C15H16F3NO2. The van der Waals surface area contributed by atoms with Crippen molar-refractivity contribution in [3.63, 3.8) is 0 Å². The third kappa shape index (κ3) is 5.48. The number of amides is 1. The van der Waals surface area contributed by atoms with Crippen molar-refractivity contribution in [1.29, 1.82) is 0 Å². The molecule has 0 radical (unpaired) electrons. The van der Waals surface area contributed by atoms with Gasteiger partial charge in [0.05, 0.1) is 0 Å². The van der Waals surface area contributed by atoms with Gasteiger partial charge in [-0.05, 0) is 32.0 Å². The Morgan fingerprint density at radius 1 is 1.38 bits per heavy atom. The Balaban J connectivity index is 3.04. The molecule has 0 spiro atoms. The molecule has 1 rings (SSSR count). The number of halogens is 3. The number of rotatable bonds is 3. The van der Waals surface area contributed by atoms with Gasteiger partial charge in [0.2, 0.25) is 0 Å². The van der Waals surface area contributed by atoms with E-state index in [1.165, 1.54) is 26.0 Å². The third-order valence-electron chi connectivity index (χ3n) is 2.66. The Bertz CT molecular complexity index is 556. The van der Waals surface area contributed by atoms with Gasteiger partial charge in [0.1, 0.15) is 13.2 Å². The van der Waals surface area contributed by atoms with Gasteiger partial charge >= 0.3 is 6.18 Å². The first-order valence-corrected chi connectivity index (χ1v) is 6.32. The van der Waals surface area contributed by atoms with Crippen molar-refractivity contribution in [2.45, 2.75) is 26.1 Å². The van der Waals surface area contributed by atoms with E-state index in [4.69, 9.17) is 5.11 Å². The van der Waals surface area contributed by atoms with Crippen LogP contribution in [0.25, 0.3) is 0 Å². The van der Waals surface area contributed by atoms with E-state index in [1.807, 2.05) is 0 Å². The summed E-state index contributed by atoms with van der Waals surface area (Å²) in [6.45, 7) is 1.43. The molecule has 3 nitrogen and oxygen atoms in total. The van der Waals surface area contributed by atoms with Gasteiger partial charge in [-0.25, -0.2) is 0 Å². The van der Waals surface area contributed by atoms with Crippen molar-refractivity contribution >= 4 is 5.91 Å². The number of nitrogens with zero attached hydrogens (tertiary/aromatic N) is 1. The predicted octanol–water partition coefficient (Wildman–Crippen LogP) is 2.44. The Morgan fingerprint density at radius 2 is 2.05 bits per heavy atom. The van der Waals surface area contributed by atoms with Crippen LogP contribution in [0.3, 0.4) is 0 Å². The molecule has 0 fully saturated rings. The summed E-state index contributed by atoms with van der Waals surface area (Å²) in [6.07, 6.45) is -4.45. The lowest BCUT2D eigenvalue weighted by Crippen LogP contribution is -2.43. The summed E-state index contributed by atoms with van der Waals surface area (Å²) in [4.78, 5) is 13.0. The van der Waals surface area contributed by atoms with Crippen molar-refractivity contribution in [2.24, 2.45) is 0 Å². The number of hydrogen-bond acceptors (Lipinski definition) is 2. The summed E-state index contributed by atoms with van der Waals surface area (Å²) < 4.78 is 37.6. The molecule has 0 saturated heterocycles. The fourth-order valence-electron chi connectivity index (χ4n) is 1.72. The molecule has 1 aromatic carbocycles. The maximum atomic E-state index is 12.5. The second-order valence-electron chi connectivity index (χ2n) is 4.68. The molecule has 0 heterocycles. The van der Waals surface area contributed by atoms with Crippen LogP contribution in [-0.2, 0) is 0 Å². The van der Waals surface area contributed by atoms with E-state index in [9.17, 15) is 18.0 Å². The molecule has 1 N–H and O–H groups in total. The fraction of sp³-hybridized carbons (Fsp3) is 0.400. The highest BCUT2D eigenvalue weighted by atomic mass is 19.4. The molecule has 0 aromatic heterocycles. The Morgan fingerprint density at radius 3 is 2.57 bits per heavy atom. The second kappa shape index (κ2) is 7.14. The number of carbonyl (C=O) groups is 1. The summed E-state index contributed by atoms with van der Waals surface area (Å²) in [7, 11) is 0. The van der Waals surface area contributed by atoms with Gasteiger partial charge in [-0.2, -0.15) is 13.2 Å². The van der Waals surface area contributed by atoms with Crippen molar-refractivity contribution in [3.05, 3.63) is 35.4 Å². The van der Waals surface area contributed by atoms with Crippen molar-refractivity contribution in [3.8, 4) is 11.8 Å². The van der Waals surface area contributed by atoms with Gasteiger partial charge < -0.3 is 10.0 Å². The van der Waals surface area contributed by atoms with E-state index < -0.39 is 24.7 Å². The van der Waals surface area contributed by atoms with E-state index in [2.05, 4.69) is 11.8 Å². The van der Waals surface area contributed by atoms with Crippen molar-refractivity contribution in [1.82, 2.24) is 4.90 Å². The van der Waals surface area contributed by atoms with Gasteiger partial charge in [0.15, 0.2) is 0 Å². The molecule has 0 unspecified atom stereocenters. The highest BCUT2D eigenvalue weighted by Crippen LogP contribution is 2.20. The van der Waals surface area contributed by atoms with Crippen LogP contribution in [0.2, 0.25) is 0 Å². The number of aliphatic hydroxyl groups is 1. The molecular weight excluding hydrogens is 283 g/mol. The van der Waals surface area contributed by atoms with E-state index in [0.29, 0.717) is 5.56 Å². The lowest BCUT2D eigenvalue weighted by Gasteiger charge is -2.27. The largest absolute Gasteiger partial charge is 0.406 e. The number of alkyl halides is 3. The van der Waals surface area contributed by atoms with Gasteiger partial charge in [-0.1, -0.05) is 17.9 Å². The Hall–Kier alpha value is -2.00.